The van der Waals surface area contributed by atoms with Crippen LogP contribution in [0.2, 0.25) is 0 Å². The number of carbonyl (C=O) groups is 3. The van der Waals surface area contributed by atoms with E-state index in [0.717, 1.165) is 16.9 Å². The molecule has 2 aromatic carbocycles. The van der Waals surface area contributed by atoms with Gasteiger partial charge in [0.25, 0.3) is 11.8 Å². The van der Waals surface area contributed by atoms with E-state index in [-0.39, 0.29) is 18.5 Å². The maximum Gasteiger partial charge on any atom is 0.262 e. The molecule has 0 aromatic heterocycles. The van der Waals surface area contributed by atoms with Crippen molar-refractivity contribution < 1.29 is 14.4 Å². The number of carbonyl (C=O) groups excluding carboxylic acids is 3. The summed E-state index contributed by atoms with van der Waals surface area (Å²) in [5, 5.41) is 2.97. The number of amides is 3. The molecule has 3 amide bonds. The summed E-state index contributed by atoms with van der Waals surface area (Å²) in [5.41, 5.74) is 1.72. The number of imide groups is 1. The predicted molar refractivity (Wildman–Crippen MR) is 98.6 cm³/mol. The molecule has 5 heteroatoms. The molecule has 1 atom stereocenters. The van der Waals surface area contributed by atoms with Crippen LogP contribution < -0.4 is 5.32 Å². The van der Waals surface area contributed by atoms with Crippen LogP contribution in [-0.2, 0) is 4.79 Å². The molecule has 2 aromatic rings. The zero-order chi connectivity index (χ0) is 18.7. The van der Waals surface area contributed by atoms with Gasteiger partial charge in [-0.1, -0.05) is 56.3 Å². The number of nitrogens with zero attached hydrogens (tertiary/aromatic N) is 1. The van der Waals surface area contributed by atoms with Gasteiger partial charge in [-0.3, -0.25) is 19.3 Å². The van der Waals surface area contributed by atoms with Crippen LogP contribution in [0.4, 0.5) is 0 Å². The largest absolute Gasteiger partial charge is 0.348 e. The molecule has 0 saturated carbocycles. The summed E-state index contributed by atoms with van der Waals surface area (Å²) < 4.78 is 0. The molecule has 0 spiro atoms. The van der Waals surface area contributed by atoms with E-state index in [1.807, 2.05) is 30.3 Å². The Morgan fingerprint density at radius 1 is 0.923 bits per heavy atom. The highest BCUT2D eigenvalue weighted by Gasteiger charge is 2.36. The minimum Gasteiger partial charge on any atom is -0.348 e. The molecule has 3 rings (SSSR count). The maximum absolute atomic E-state index is 12.5. The lowest BCUT2D eigenvalue weighted by Gasteiger charge is -2.22. The Morgan fingerprint density at radius 3 is 2.00 bits per heavy atom. The van der Waals surface area contributed by atoms with Crippen LogP contribution >= 0.6 is 0 Å². The standard InChI is InChI=1S/C21H22N2O3/c1-14(2)12-18(15-8-4-3-5-9-15)22-19(24)13-23-20(25)16-10-6-7-11-17(16)21(23)26/h3-11,14,18H,12-13H2,1-2H3,(H,22,24)/t18-/m1/s1. The van der Waals surface area contributed by atoms with Crippen molar-refractivity contribution in [3.8, 4) is 0 Å². The van der Waals surface area contributed by atoms with Crippen molar-refractivity contribution in [3.63, 3.8) is 0 Å². The van der Waals surface area contributed by atoms with E-state index in [4.69, 9.17) is 0 Å². The van der Waals surface area contributed by atoms with Gasteiger partial charge < -0.3 is 5.32 Å². The number of nitrogens with one attached hydrogen (secondary N) is 1. The normalized spacial score (nSPS) is 14.5. The zero-order valence-electron chi connectivity index (χ0n) is 14.9. The SMILES string of the molecule is CC(C)C[C@@H](NC(=O)CN1C(=O)c2ccccc2C1=O)c1ccccc1. The van der Waals surface area contributed by atoms with Gasteiger partial charge >= 0.3 is 0 Å². The minimum atomic E-state index is -0.416. The third-order valence-corrected chi connectivity index (χ3v) is 4.42. The Hall–Kier alpha value is -2.95. The molecule has 1 N–H and O–H groups in total. The van der Waals surface area contributed by atoms with Gasteiger partial charge in [0.15, 0.2) is 0 Å². The fourth-order valence-corrected chi connectivity index (χ4v) is 3.20. The number of hydrogen-bond acceptors (Lipinski definition) is 3. The van der Waals surface area contributed by atoms with Crippen LogP contribution in [0, 0.1) is 5.92 Å². The van der Waals surface area contributed by atoms with Gasteiger partial charge in [0.1, 0.15) is 6.54 Å². The van der Waals surface area contributed by atoms with Gasteiger partial charge in [-0.15, -0.1) is 0 Å². The Balaban J connectivity index is 1.71. The van der Waals surface area contributed by atoms with Crippen molar-refractivity contribution in [2.24, 2.45) is 5.92 Å². The lowest BCUT2D eigenvalue weighted by Crippen LogP contribution is -2.41. The van der Waals surface area contributed by atoms with Crippen LogP contribution in [0.5, 0.6) is 0 Å². The maximum atomic E-state index is 12.5. The second kappa shape index (κ2) is 7.52. The van der Waals surface area contributed by atoms with Crippen molar-refractivity contribution >= 4 is 17.7 Å². The van der Waals surface area contributed by atoms with Crippen molar-refractivity contribution in [1.82, 2.24) is 10.2 Å². The van der Waals surface area contributed by atoms with Gasteiger partial charge in [0.2, 0.25) is 5.91 Å². The number of fused-ring (bicyclic) bond motifs is 1. The quantitative estimate of drug-likeness (QED) is 0.814. The Kier molecular flexibility index (Phi) is 5.16. The first-order valence-corrected chi connectivity index (χ1v) is 8.77. The molecule has 0 aliphatic carbocycles. The molecular weight excluding hydrogens is 328 g/mol. The number of benzene rings is 2. The van der Waals surface area contributed by atoms with Crippen LogP contribution in [-0.4, -0.2) is 29.2 Å². The van der Waals surface area contributed by atoms with Crippen LogP contribution in [0.3, 0.4) is 0 Å². The van der Waals surface area contributed by atoms with Gasteiger partial charge in [0.05, 0.1) is 17.2 Å². The first-order valence-electron chi connectivity index (χ1n) is 8.77. The summed E-state index contributed by atoms with van der Waals surface area (Å²) in [7, 11) is 0. The first-order chi connectivity index (χ1) is 12.5. The van der Waals surface area contributed by atoms with Crippen molar-refractivity contribution in [3.05, 3.63) is 71.3 Å². The molecular formula is C21H22N2O3. The second-order valence-electron chi connectivity index (χ2n) is 6.90. The van der Waals surface area contributed by atoms with E-state index in [1.54, 1.807) is 24.3 Å². The highest BCUT2D eigenvalue weighted by atomic mass is 16.2. The number of hydrogen-bond donors (Lipinski definition) is 1. The highest BCUT2D eigenvalue weighted by Crippen LogP contribution is 2.23. The average Bonchev–Trinajstić information content (AvgIpc) is 2.87. The van der Waals surface area contributed by atoms with Crippen molar-refractivity contribution in [1.29, 1.82) is 0 Å². The third-order valence-electron chi connectivity index (χ3n) is 4.42. The van der Waals surface area contributed by atoms with Crippen LogP contribution in [0.1, 0.15) is 52.6 Å². The van der Waals surface area contributed by atoms with E-state index in [0.29, 0.717) is 17.0 Å². The summed E-state index contributed by atoms with van der Waals surface area (Å²) in [6, 6.07) is 16.2. The molecule has 1 aliphatic rings. The fraction of sp³-hybridized carbons (Fsp3) is 0.286. The second-order valence-corrected chi connectivity index (χ2v) is 6.90. The van der Waals surface area contributed by atoms with Crippen molar-refractivity contribution in [2.45, 2.75) is 26.3 Å². The summed E-state index contributed by atoms with van der Waals surface area (Å²) in [5.74, 6) is -0.782. The molecule has 0 fully saturated rings. The molecule has 5 nitrogen and oxygen atoms in total. The van der Waals surface area contributed by atoms with Crippen LogP contribution in [0.15, 0.2) is 54.6 Å². The third kappa shape index (κ3) is 3.67. The van der Waals surface area contributed by atoms with Gasteiger partial charge in [-0.2, -0.15) is 0 Å². The Bertz CT molecular complexity index is 795. The summed E-state index contributed by atoms with van der Waals surface area (Å²) in [6.07, 6.45) is 0.776. The smallest absolute Gasteiger partial charge is 0.262 e. The van der Waals surface area contributed by atoms with E-state index in [1.165, 1.54) is 0 Å². The summed E-state index contributed by atoms with van der Waals surface area (Å²) >= 11 is 0. The Labute approximate surface area is 153 Å². The van der Waals surface area contributed by atoms with E-state index in [2.05, 4.69) is 19.2 Å². The van der Waals surface area contributed by atoms with Gasteiger partial charge in [0, 0.05) is 0 Å². The van der Waals surface area contributed by atoms with E-state index in [9.17, 15) is 14.4 Å². The molecule has 0 bridgehead atoms. The molecule has 0 radical (unpaired) electrons. The Morgan fingerprint density at radius 2 is 1.46 bits per heavy atom. The van der Waals surface area contributed by atoms with E-state index < -0.39 is 11.8 Å². The lowest BCUT2D eigenvalue weighted by molar-refractivity contribution is -0.122. The molecule has 26 heavy (non-hydrogen) atoms. The zero-order valence-corrected chi connectivity index (χ0v) is 14.9. The number of rotatable bonds is 6. The molecule has 0 saturated heterocycles. The monoisotopic (exact) mass is 350 g/mol. The van der Waals surface area contributed by atoms with Crippen LogP contribution in [0.25, 0.3) is 0 Å². The van der Waals surface area contributed by atoms with Gasteiger partial charge in [-0.05, 0) is 30.0 Å². The molecule has 134 valence electrons. The lowest BCUT2D eigenvalue weighted by atomic mass is 9.97. The fourth-order valence-electron chi connectivity index (χ4n) is 3.20. The van der Waals surface area contributed by atoms with Crippen molar-refractivity contribution in [2.75, 3.05) is 6.54 Å². The van der Waals surface area contributed by atoms with Gasteiger partial charge in [-0.25, -0.2) is 0 Å². The predicted octanol–water partition coefficient (Wildman–Crippen LogP) is 3.19. The topological polar surface area (TPSA) is 66.5 Å². The first kappa shape index (κ1) is 17.9. The average molecular weight is 350 g/mol. The molecule has 0 unspecified atom stereocenters. The molecule has 1 heterocycles. The molecule has 1 aliphatic heterocycles. The minimum absolute atomic E-state index is 0.154. The summed E-state index contributed by atoms with van der Waals surface area (Å²) in [4.78, 5) is 38.4. The van der Waals surface area contributed by atoms with E-state index >= 15 is 0 Å². The summed E-state index contributed by atoms with van der Waals surface area (Å²) in [6.45, 7) is 3.91. The highest BCUT2D eigenvalue weighted by molar-refractivity contribution is 6.22.